The summed E-state index contributed by atoms with van der Waals surface area (Å²) >= 11 is 1.43. The van der Waals surface area contributed by atoms with Crippen molar-refractivity contribution in [3.63, 3.8) is 0 Å². The minimum Gasteiger partial charge on any atom is -0.288 e. The number of aromatic nitrogens is 3. The Morgan fingerprint density at radius 1 is 1.23 bits per heavy atom. The van der Waals surface area contributed by atoms with E-state index in [2.05, 4.69) is 23.8 Å². The normalized spacial score (nSPS) is 20.7. The molecule has 1 saturated carbocycles. The van der Waals surface area contributed by atoms with Gasteiger partial charge >= 0.3 is 0 Å². The van der Waals surface area contributed by atoms with Gasteiger partial charge in [0.1, 0.15) is 10.8 Å². The minimum atomic E-state index is -0.221. The summed E-state index contributed by atoms with van der Waals surface area (Å²) in [6, 6.07) is 8.91. The van der Waals surface area contributed by atoms with E-state index in [9.17, 15) is 9.18 Å². The molecule has 0 N–H and O–H groups in total. The predicted octanol–water partition coefficient (Wildman–Crippen LogP) is 5.13. The van der Waals surface area contributed by atoms with Gasteiger partial charge in [-0.15, -0.1) is 0 Å². The van der Waals surface area contributed by atoms with Crippen LogP contribution < -0.4 is 5.56 Å². The van der Waals surface area contributed by atoms with Gasteiger partial charge in [0, 0.05) is 24.7 Å². The average molecular weight is 429 g/mol. The monoisotopic (exact) mass is 428 g/mol. The van der Waals surface area contributed by atoms with Crippen molar-refractivity contribution in [3.05, 3.63) is 62.8 Å². The summed E-state index contributed by atoms with van der Waals surface area (Å²) in [7, 11) is 0. The zero-order valence-corrected chi connectivity index (χ0v) is 18.7. The molecule has 160 valence electrons. The highest BCUT2D eigenvalue weighted by Gasteiger charge is 2.29. The molecule has 0 radical (unpaired) electrons. The van der Waals surface area contributed by atoms with Crippen LogP contribution in [0.2, 0.25) is 0 Å². The van der Waals surface area contributed by atoms with Crippen molar-refractivity contribution >= 4 is 16.3 Å². The first-order chi connectivity index (χ1) is 14.4. The summed E-state index contributed by atoms with van der Waals surface area (Å²) in [4.78, 5) is 20.4. The molecule has 7 heteroatoms. The van der Waals surface area contributed by atoms with Crippen molar-refractivity contribution in [1.29, 1.82) is 0 Å². The quantitative estimate of drug-likeness (QED) is 0.546. The van der Waals surface area contributed by atoms with E-state index in [1.807, 2.05) is 19.1 Å². The highest BCUT2D eigenvalue weighted by Crippen LogP contribution is 2.34. The van der Waals surface area contributed by atoms with Crippen molar-refractivity contribution in [1.82, 2.24) is 19.5 Å². The van der Waals surface area contributed by atoms with Gasteiger partial charge in [0.25, 0.3) is 5.56 Å². The van der Waals surface area contributed by atoms with Gasteiger partial charge in [-0.2, -0.15) is 9.61 Å². The molecule has 0 saturated heterocycles. The number of aryl methyl sites for hydroxylation is 1. The highest BCUT2D eigenvalue weighted by atomic mass is 32.1. The number of hydrogen-bond acceptors (Lipinski definition) is 5. The number of halogens is 1. The second-order valence-corrected chi connectivity index (χ2v) is 9.54. The summed E-state index contributed by atoms with van der Waals surface area (Å²) in [5, 5.41) is 5.07. The van der Waals surface area contributed by atoms with Gasteiger partial charge in [0.15, 0.2) is 0 Å². The number of rotatable bonds is 6. The molecule has 2 heterocycles. The second-order valence-electron chi connectivity index (χ2n) is 8.38. The van der Waals surface area contributed by atoms with Crippen molar-refractivity contribution < 1.29 is 4.39 Å². The summed E-state index contributed by atoms with van der Waals surface area (Å²) < 4.78 is 14.8. The van der Waals surface area contributed by atoms with Gasteiger partial charge < -0.3 is 0 Å². The first kappa shape index (κ1) is 21.1. The zero-order valence-electron chi connectivity index (χ0n) is 17.8. The van der Waals surface area contributed by atoms with Crippen LogP contribution in [-0.2, 0) is 6.54 Å². The third-order valence-corrected chi connectivity index (χ3v) is 7.28. The molecule has 2 aromatic heterocycles. The van der Waals surface area contributed by atoms with E-state index in [-0.39, 0.29) is 17.4 Å². The van der Waals surface area contributed by atoms with E-state index in [4.69, 9.17) is 4.98 Å². The van der Waals surface area contributed by atoms with Gasteiger partial charge in [-0.1, -0.05) is 36.8 Å². The average Bonchev–Trinajstić information content (AvgIpc) is 3.13. The van der Waals surface area contributed by atoms with Gasteiger partial charge in [-0.05, 0) is 63.1 Å². The van der Waals surface area contributed by atoms with Crippen LogP contribution in [0.1, 0.15) is 68.3 Å². The lowest BCUT2D eigenvalue weighted by Gasteiger charge is -2.40. The summed E-state index contributed by atoms with van der Waals surface area (Å²) in [6.07, 6.45) is 5.99. The third kappa shape index (κ3) is 4.47. The van der Waals surface area contributed by atoms with E-state index >= 15 is 0 Å². The van der Waals surface area contributed by atoms with Crippen LogP contribution >= 0.6 is 11.3 Å². The first-order valence-corrected chi connectivity index (χ1v) is 11.6. The van der Waals surface area contributed by atoms with Crippen LogP contribution in [-0.4, -0.2) is 25.5 Å². The SMILES string of the molecule is CCC1CCC(N(Cc2cc(=O)n3nc(C)sc3n2)C(C)c2ccc(F)cc2)CC1. The lowest BCUT2D eigenvalue weighted by Crippen LogP contribution is -2.40. The fourth-order valence-corrected chi connectivity index (χ4v) is 5.39. The molecule has 1 atom stereocenters. The molecule has 1 aromatic carbocycles. The van der Waals surface area contributed by atoms with E-state index in [1.54, 1.807) is 6.07 Å². The van der Waals surface area contributed by atoms with Gasteiger partial charge in [-0.25, -0.2) is 9.37 Å². The molecule has 1 fully saturated rings. The van der Waals surface area contributed by atoms with E-state index in [0.717, 1.165) is 35.0 Å². The summed E-state index contributed by atoms with van der Waals surface area (Å²) in [6.45, 7) is 6.92. The minimum absolute atomic E-state index is 0.109. The fourth-order valence-electron chi connectivity index (χ4n) is 4.62. The molecule has 1 aliphatic carbocycles. The van der Waals surface area contributed by atoms with E-state index < -0.39 is 0 Å². The van der Waals surface area contributed by atoms with Gasteiger partial charge in [0.2, 0.25) is 4.96 Å². The van der Waals surface area contributed by atoms with Crippen molar-refractivity contribution in [2.45, 2.75) is 71.5 Å². The molecular formula is C23H29FN4OS. The van der Waals surface area contributed by atoms with Crippen LogP contribution in [0.15, 0.2) is 35.1 Å². The Morgan fingerprint density at radius 2 is 1.93 bits per heavy atom. The Bertz CT molecular complexity index is 1050. The number of hydrogen-bond donors (Lipinski definition) is 0. The Hall–Kier alpha value is -2.12. The van der Waals surface area contributed by atoms with Gasteiger partial charge in [0.05, 0.1) is 5.69 Å². The molecule has 3 aromatic rings. The summed E-state index contributed by atoms with van der Waals surface area (Å²) in [5.74, 6) is 0.588. The lowest BCUT2D eigenvalue weighted by molar-refractivity contribution is 0.0877. The molecule has 1 aliphatic rings. The standard InChI is InChI=1S/C23H29FN4OS/c1-4-17-5-11-21(12-6-17)27(15(2)18-7-9-19(24)10-8-18)14-20-13-22(29)28-23(25-20)30-16(3)26-28/h7-10,13,15,17,21H,4-6,11-12,14H2,1-3H3. The lowest BCUT2D eigenvalue weighted by atomic mass is 9.83. The van der Waals surface area contributed by atoms with Crippen LogP contribution in [0.5, 0.6) is 0 Å². The Labute approximate surface area is 180 Å². The maximum absolute atomic E-state index is 13.5. The molecule has 0 aliphatic heterocycles. The maximum atomic E-state index is 13.5. The topological polar surface area (TPSA) is 50.5 Å². The molecule has 30 heavy (non-hydrogen) atoms. The van der Waals surface area contributed by atoms with Crippen molar-refractivity contribution in [2.75, 3.05) is 0 Å². The molecule has 0 spiro atoms. The molecule has 1 unspecified atom stereocenters. The molecule has 4 rings (SSSR count). The van der Waals surface area contributed by atoms with Crippen LogP contribution in [0, 0.1) is 18.7 Å². The molecular weight excluding hydrogens is 399 g/mol. The molecule has 0 amide bonds. The highest BCUT2D eigenvalue weighted by molar-refractivity contribution is 7.16. The Morgan fingerprint density at radius 3 is 2.60 bits per heavy atom. The first-order valence-electron chi connectivity index (χ1n) is 10.8. The third-order valence-electron chi connectivity index (χ3n) is 6.46. The van der Waals surface area contributed by atoms with Crippen LogP contribution in [0.25, 0.3) is 4.96 Å². The largest absolute Gasteiger partial charge is 0.288 e. The fraction of sp³-hybridized carbons (Fsp3) is 0.522. The zero-order chi connectivity index (χ0) is 21.3. The van der Waals surface area contributed by atoms with E-state index in [1.165, 1.54) is 47.2 Å². The number of nitrogens with zero attached hydrogens (tertiary/aromatic N) is 4. The smallest absolute Gasteiger partial charge is 0.275 e. The second kappa shape index (κ2) is 8.94. The Kier molecular flexibility index (Phi) is 6.29. The van der Waals surface area contributed by atoms with Crippen molar-refractivity contribution in [3.8, 4) is 0 Å². The number of benzene rings is 1. The van der Waals surface area contributed by atoms with Crippen LogP contribution in [0.3, 0.4) is 0 Å². The maximum Gasteiger partial charge on any atom is 0.275 e. The predicted molar refractivity (Wildman–Crippen MR) is 118 cm³/mol. The Balaban J connectivity index is 1.64. The molecule has 0 bridgehead atoms. The summed E-state index contributed by atoms with van der Waals surface area (Å²) in [5.41, 5.74) is 1.72. The number of fused-ring (bicyclic) bond motifs is 1. The van der Waals surface area contributed by atoms with Crippen LogP contribution in [0.4, 0.5) is 4.39 Å². The molecule has 5 nitrogen and oxygen atoms in total. The van der Waals surface area contributed by atoms with Gasteiger partial charge in [-0.3, -0.25) is 9.69 Å². The van der Waals surface area contributed by atoms with E-state index in [0.29, 0.717) is 17.5 Å². The van der Waals surface area contributed by atoms with Crippen molar-refractivity contribution in [2.24, 2.45) is 5.92 Å².